The zero-order chi connectivity index (χ0) is 17.6. The van der Waals surface area contributed by atoms with E-state index >= 15 is 0 Å². The molecule has 1 aliphatic heterocycles. The number of fused-ring (bicyclic) bond motifs is 1. The Morgan fingerprint density at radius 2 is 1.92 bits per heavy atom. The average Bonchev–Trinajstić information content (AvgIpc) is 3.20. The summed E-state index contributed by atoms with van der Waals surface area (Å²) < 4.78 is 10.5. The first-order chi connectivity index (χ1) is 12.1. The maximum atomic E-state index is 12.3. The van der Waals surface area contributed by atoms with Gasteiger partial charge >= 0.3 is 5.63 Å². The summed E-state index contributed by atoms with van der Waals surface area (Å²) in [7, 11) is 1.53. The van der Waals surface area contributed by atoms with E-state index in [-0.39, 0.29) is 35.4 Å². The number of carbonyl (C=O) groups is 2. The molecule has 0 radical (unpaired) electrons. The molecule has 1 aromatic carbocycles. The number of carbonyl (C=O) groups excluding carboxylic acids is 2. The van der Waals surface area contributed by atoms with Crippen LogP contribution in [0.1, 0.15) is 12.8 Å². The predicted octanol–water partition coefficient (Wildman–Crippen LogP) is 2.58. The monoisotopic (exact) mass is 356 g/mol. The van der Waals surface area contributed by atoms with E-state index in [0.29, 0.717) is 17.0 Å². The number of thiazole rings is 1. The Bertz CT molecular complexity index is 1050. The fourth-order valence-corrected chi connectivity index (χ4v) is 3.53. The van der Waals surface area contributed by atoms with Gasteiger partial charge in [0.05, 0.1) is 18.4 Å². The Kier molecular flexibility index (Phi) is 3.61. The number of hydrogen-bond acceptors (Lipinski definition) is 7. The third-order valence-electron chi connectivity index (χ3n) is 3.95. The van der Waals surface area contributed by atoms with Crippen LogP contribution in [0.25, 0.3) is 22.2 Å². The van der Waals surface area contributed by atoms with Crippen LogP contribution in [-0.4, -0.2) is 23.9 Å². The molecule has 1 fully saturated rings. The molecule has 2 aromatic heterocycles. The van der Waals surface area contributed by atoms with Crippen molar-refractivity contribution in [1.82, 2.24) is 4.98 Å². The fraction of sp³-hybridized carbons (Fsp3) is 0.176. The minimum atomic E-state index is -0.545. The van der Waals surface area contributed by atoms with Crippen molar-refractivity contribution < 1.29 is 18.7 Å². The van der Waals surface area contributed by atoms with Crippen molar-refractivity contribution in [3.8, 4) is 17.0 Å². The molecular weight excluding hydrogens is 344 g/mol. The number of benzene rings is 1. The summed E-state index contributed by atoms with van der Waals surface area (Å²) >= 11 is 1.14. The molecule has 1 aliphatic rings. The molecule has 25 heavy (non-hydrogen) atoms. The van der Waals surface area contributed by atoms with Gasteiger partial charge in [-0.05, 0) is 18.2 Å². The zero-order valence-corrected chi connectivity index (χ0v) is 14.0. The molecule has 3 heterocycles. The molecule has 2 amide bonds. The molecule has 0 atom stereocenters. The van der Waals surface area contributed by atoms with Crippen LogP contribution < -0.4 is 15.3 Å². The van der Waals surface area contributed by atoms with E-state index in [1.807, 2.05) is 0 Å². The van der Waals surface area contributed by atoms with Gasteiger partial charge in [0.15, 0.2) is 5.13 Å². The summed E-state index contributed by atoms with van der Waals surface area (Å²) in [6.07, 6.45) is 0.376. The van der Waals surface area contributed by atoms with Gasteiger partial charge in [-0.2, -0.15) is 0 Å². The SMILES string of the molecule is COc1ccc2cc(-c3csc(N4C(=O)CCC4=O)n3)c(=O)oc2c1. The molecule has 0 unspecified atom stereocenters. The molecule has 7 nitrogen and oxygen atoms in total. The molecule has 0 N–H and O–H groups in total. The highest BCUT2D eigenvalue weighted by Crippen LogP contribution is 2.31. The Labute approximate surface area is 145 Å². The molecule has 0 bridgehead atoms. The number of rotatable bonds is 3. The molecule has 0 saturated carbocycles. The highest BCUT2D eigenvalue weighted by Gasteiger charge is 2.32. The largest absolute Gasteiger partial charge is 0.497 e. The first-order valence-electron chi connectivity index (χ1n) is 7.50. The second-order valence-electron chi connectivity index (χ2n) is 5.49. The third-order valence-corrected chi connectivity index (χ3v) is 4.78. The average molecular weight is 356 g/mol. The maximum Gasteiger partial charge on any atom is 0.345 e. The lowest BCUT2D eigenvalue weighted by Crippen LogP contribution is -2.28. The summed E-state index contributed by atoms with van der Waals surface area (Å²) in [5.74, 6) is 0.0393. The van der Waals surface area contributed by atoms with Gasteiger partial charge in [-0.25, -0.2) is 14.7 Å². The summed E-state index contributed by atoms with van der Waals surface area (Å²) in [6.45, 7) is 0. The van der Waals surface area contributed by atoms with Crippen molar-refractivity contribution in [2.75, 3.05) is 12.0 Å². The Morgan fingerprint density at radius 3 is 2.64 bits per heavy atom. The van der Waals surface area contributed by atoms with Gasteiger partial charge in [-0.15, -0.1) is 11.3 Å². The molecule has 4 rings (SSSR count). The summed E-state index contributed by atoms with van der Waals surface area (Å²) in [6, 6.07) is 6.85. The fourth-order valence-electron chi connectivity index (χ4n) is 2.68. The molecule has 0 spiro atoms. The number of ether oxygens (including phenoxy) is 1. The number of amides is 2. The van der Waals surface area contributed by atoms with E-state index < -0.39 is 5.63 Å². The van der Waals surface area contributed by atoms with Crippen LogP contribution in [0.15, 0.2) is 38.9 Å². The van der Waals surface area contributed by atoms with E-state index in [1.54, 1.807) is 29.6 Å². The molecule has 3 aromatic rings. The minimum absolute atomic E-state index is 0.188. The van der Waals surface area contributed by atoms with Crippen molar-refractivity contribution >= 4 is 39.3 Å². The van der Waals surface area contributed by atoms with Crippen molar-refractivity contribution in [2.45, 2.75) is 12.8 Å². The third kappa shape index (κ3) is 2.60. The Balaban J connectivity index is 1.77. The van der Waals surface area contributed by atoms with Gasteiger partial charge in [0.2, 0.25) is 11.8 Å². The van der Waals surface area contributed by atoms with Gasteiger partial charge in [-0.1, -0.05) is 0 Å². The molecule has 8 heteroatoms. The summed E-state index contributed by atoms with van der Waals surface area (Å²) in [5, 5.41) is 2.63. The van der Waals surface area contributed by atoms with E-state index in [9.17, 15) is 14.4 Å². The van der Waals surface area contributed by atoms with Crippen LogP contribution in [0.3, 0.4) is 0 Å². The molecule has 0 aliphatic carbocycles. The van der Waals surface area contributed by atoms with Crippen LogP contribution in [-0.2, 0) is 9.59 Å². The van der Waals surface area contributed by atoms with Crippen LogP contribution in [0.4, 0.5) is 5.13 Å². The number of hydrogen-bond donors (Lipinski definition) is 0. The smallest absolute Gasteiger partial charge is 0.345 e. The van der Waals surface area contributed by atoms with Crippen LogP contribution >= 0.6 is 11.3 Å². The van der Waals surface area contributed by atoms with E-state index in [0.717, 1.165) is 21.6 Å². The predicted molar refractivity (Wildman–Crippen MR) is 91.9 cm³/mol. The maximum absolute atomic E-state index is 12.3. The second kappa shape index (κ2) is 5.82. The van der Waals surface area contributed by atoms with Gasteiger partial charge in [0, 0.05) is 29.7 Å². The summed E-state index contributed by atoms with van der Waals surface area (Å²) in [4.78, 5) is 41.3. The Hall–Kier alpha value is -3.00. The number of imide groups is 1. The zero-order valence-electron chi connectivity index (χ0n) is 13.1. The topological polar surface area (TPSA) is 89.7 Å². The molecule has 1 saturated heterocycles. The first-order valence-corrected chi connectivity index (χ1v) is 8.38. The highest BCUT2D eigenvalue weighted by atomic mass is 32.1. The standard InChI is InChI=1S/C17H12N2O5S/c1-23-10-3-2-9-6-11(16(22)24-13(9)7-10)12-8-25-17(18-12)19-14(20)4-5-15(19)21/h2-3,6-8H,4-5H2,1H3. The summed E-state index contributed by atoms with van der Waals surface area (Å²) in [5.41, 5.74) is 0.517. The quantitative estimate of drug-likeness (QED) is 0.529. The van der Waals surface area contributed by atoms with E-state index in [2.05, 4.69) is 4.98 Å². The van der Waals surface area contributed by atoms with Crippen molar-refractivity contribution in [1.29, 1.82) is 0 Å². The lowest BCUT2D eigenvalue weighted by Gasteiger charge is -2.08. The Morgan fingerprint density at radius 1 is 1.16 bits per heavy atom. The number of aromatic nitrogens is 1. The minimum Gasteiger partial charge on any atom is -0.497 e. The first kappa shape index (κ1) is 15.5. The van der Waals surface area contributed by atoms with Crippen LogP contribution in [0.5, 0.6) is 5.75 Å². The van der Waals surface area contributed by atoms with Crippen LogP contribution in [0, 0.1) is 0 Å². The van der Waals surface area contributed by atoms with Crippen molar-refractivity contribution in [3.63, 3.8) is 0 Å². The second-order valence-corrected chi connectivity index (χ2v) is 6.33. The highest BCUT2D eigenvalue weighted by molar-refractivity contribution is 7.14. The van der Waals surface area contributed by atoms with Crippen molar-refractivity contribution in [3.05, 3.63) is 40.1 Å². The van der Waals surface area contributed by atoms with Gasteiger partial charge in [0.1, 0.15) is 11.3 Å². The van der Waals surface area contributed by atoms with E-state index in [4.69, 9.17) is 9.15 Å². The lowest BCUT2D eigenvalue weighted by molar-refractivity contribution is -0.121. The number of methoxy groups -OCH3 is 1. The van der Waals surface area contributed by atoms with Gasteiger partial charge in [0.25, 0.3) is 0 Å². The molecule has 126 valence electrons. The molecular formula is C17H12N2O5S. The van der Waals surface area contributed by atoms with Gasteiger partial charge in [-0.3, -0.25) is 9.59 Å². The van der Waals surface area contributed by atoms with Gasteiger partial charge < -0.3 is 9.15 Å². The van der Waals surface area contributed by atoms with Crippen LogP contribution in [0.2, 0.25) is 0 Å². The normalized spacial score (nSPS) is 14.5. The number of nitrogens with zero attached hydrogens (tertiary/aromatic N) is 2. The van der Waals surface area contributed by atoms with Crippen molar-refractivity contribution in [2.24, 2.45) is 0 Å². The number of anilines is 1. The lowest BCUT2D eigenvalue weighted by atomic mass is 10.1. The van der Waals surface area contributed by atoms with E-state index in [1.165, 1.54) is 7.11 Å².